The van der Waals surface area contributed by atoms with Crippen molar-refractivity contribution in [3.63, 3.8) is 0 Å². The standard InChI is InChI=1S/C11H17N3/c1-14-8-10(7-13-14)4-2-3-9-5-11(12)6-9/h3,7-8,11H,2,4-6,12H2,1H3. The lowest BCUT2D eigenvalue weighted by Crippen LogP contribution is -2.30. The first-order valence-corrected chi connectivity index (χ1v) is 5.15. The summed E-state index contributed by atoms with van der Waals surface area (Å²) in [5.41, 5.74) is 8.54. The van der Waals surface area contributed by atoms with Crippen LogP contribution in [0.2, 0.25) is 0 Å². The molecule has 0 atom stereocenters. The molecule has 1 aliphatic carbocycles. The fourth-order valence-electron chi connectivity index (χ4n) is 1.82. The van der Waals surface area contributed by atoms with E-state index >= 15 is 0 Å². The molecule has 3 nitrogen and oxygen atoms in total. The maximum absolute atomic E-state index is 5.70. The molecule has 0 bridgehead atoms. The quantitative estimate of drug-likeness (QED) is 0.734. The number of hydrogen-bond acceptors (Lipinski definition) is 2. The van der Waals surface area contributed by atoms with Gasteiger partial charge in [-0.25, -0.2) is 0 Å². The van der Waals surface area contributed by atoms with Crippen LogP contribution in [0.4, 0.5) is 0 Å². The molecule has 0 radical (unpaired) electrons. The highest BCUT2D eigenvalue weighted by atomic mass is 15.2. The molecule has 1 fully saturated rings. The first-order chi connectivity index (χ1) is 6.74. The Morgan fingerprint density at radius 2 is 2.43 bits per heavy atom. The highest BCUT2D eigenvalue weighted by Gasteiger charge is 2.17. The maximum Gasteiger partial charge on any atom is 0.0521 e. The van der Waals surface area contributed by atoms with Gasteiger partial charge in [-0.3, -0.25) is 4.68 Å². The van der Waals surface area contributed by atoms with Gasteiger partial charge in [-0.15, -0.1) is 0 Å². The summed E-state index contributed by atoms with van der Waals surface area (Å²) in [7, 11) is 1.95. The highest BCUT2D eigenvalue weighted by molar-refractivity contribution is 5.16. The van der Waals surface area contributed by atoms with Crippen molar-refractivity contribution in [1.29, 1.82) is 0 Å². The van der Waals surface area contributed by atoms with E-state index in [0.29, 0.717) is 6.04 Å². The summed E-state index contributed by atoms with van der Waals surface area (Å²) in [5.74, 6) is 0. The lowest BCUT2D eigenvalue weighted by atomic mass is 9.86. The predicted molar refractivity (Wildman–Crippen MR) is 56.8 cm³/mol. The average Bonchev–Trinajstić information content (AvgIpc) is 2.48. The molecule has 1 saturated carbocycles. The van der Waals surface area contributed by atoms with Gasteiger partial charge < -0.3 is 5.73 Å². The number of hydrogen-bond donors (Lipinski definition) is 1. The number of aryl methyl sites for hydroxylation is 2. The summed E-state index contributed by atoms with van der Waals surface area (Å²) in [4.78, 5) is 0. The molecular weight excluding hydrogens is 174 g/mol. The highest BCUT2D eigenvalue weighted by Crippen LogP contribution is 2.24. The molecule has 0 saturated heterocycles. The zero-order chi connectivity index (χ0) is 9.97. The Kier molecular flexibility index (Phi) is 2.68. The predicted octanol–water partition coefficient (Wildman–Crippen LogP) is 1.40. The van der Waals surface area contributed by atoms with Crippen molar-refractivity contribution in [3.05, 3.63) is 29.6 Å². The van der Waals surface area contributed by atoms with E-state index in [1.165, 1.54) is 11.1 Å². The van der Waals surface area contributed by atoms with E-state index in [0.717, 1.165) is 25.7 Å². The lowest BCUT2D eigenvalue weighted by Gasteiger charge is -2.25. The van der Waals surface area contributed by atoms with Crippen LogP contribution in [0.3, 0.4) is 0 Å². The van der Waals surface area contributed by atoms with Crippen LogP contribution in [0.1, 0.15) is 24.8 Å². The van der Waals surface area contributed by atoms with E-state index in [4.69, 9.17) is 5.73 Å². The maximum atomic E-state index is 5.70. The SMILES string of the molecule is Cn1cc(CCC=C2CC(N)C2)cn1. The first-order valence-electron chi connectivity index (χ1n) is 5.15. The Bertz CT molecular complexity index is 330. The molecule has 1 aromatic heterocycles. The van der Waals surface area contributed by atoms with E-state index in [2.05, 4.69) is 17.4 Å². The van der Waals surface area contributed by atoms with Gasteiger partial charge in [0, 0.05) is 19.3 Å². The summed E-state index contributed by atoms with van der Waals surface area (Å²) in [6.07, 6.45) is 10.8. The third-order valence-electron chi connectivity index (χ3n) is 2.67. The van der Waals surface area contributed by atoms with Crippen molar-refractivity contribution in [2.75, 3.05) is 0 Å². The van der Waals surface area contributed by atoms with Crippen molar-refractivity contribution in [2.24, 2.45) is 12.8 Å². The number of rotatable bonds is 3. The van der Waals surface area contributed by atoms with Crippen LogP contribution in [-0.2, 0) is 13.5 Å². The van der Waals surface area contributed by atoms with Crippen molar-refractivity contribution in [2.45, 2.75) is 31.7 Å². The van der Waals surface area contributed by atoms with Gasteiger partial charge in [-0.1, -0.05) is 11.6 Å². The summed E-state index contributed by atoms with van der Waals surface area (Å²) in [5, 5.41) is 4.14. The Morgan fingerprint density at radius 3 is 3.00 bits per heavy atom. The second-order valence-electron chi connectivity index (χ2n) is 4.09. The third-order valence-corrected chi connectivity index (χ3v) is 2.67. The topological polar surface area (TPSA) is 43.8 Å². The smallest absolute Gasteiger partial charge is 0.0521 e. The van der Waals surface area contributed by atoms with Gasteiger partial charge in [0.15, 0.2) is 0 Å². The summed E-state index contributed by atoms with van der Waals surface area (Å²) in [6.45, 7) is 0. The molecule has 0 unspecified atom stereocenters. The monoisotopic (exact) mass is 191 g/mol. The average molecular weight is 191 g/mol. The normalized spacial score (nSPS) is 20.7. The zero-order valence-corrected chi connectivity index (χ0v) is 8.61. The van der Waals surface area contributed by atoms with Crippen LogP contribution in [0.5, 0.6) is 0 Å². The third kappa shape index (κ3) is 2.23. The van der Waals surface area contributed by atoms with Crippen molar-refractivity contribution >= 4 is 0 Å². The minimum atomic E-state index is 0.430. The minimum absolute atomic E-state index is 0.430. The molecule has 2 rings (SSSR count). The van der Waals surface area contributed by atoms with Crippen LogP contribution in [-0.4, -0.2) is 15.8 Å². The molecule has 14 heavy (non-hydrogen) atoms. The number of aromatic nitrogens is 2. The molecule has 0 aromatic carbocycles. The Balaban J connectivity index is 1.75. The van der Waals surface area contributed by atoms with E-state index in [1.54, 1.807) is 0 Å². The fraction of sp³-hybridized carbons (Fsp3) is 0.545. The molecule has 76 valence electrons. The molecule has 0 spiro atoms. The van der Waals surface area contributed by atoms with E-state index in [9.17, 15) is 0 Å². The van der Waals surface area contributed by atoms with Gasteiger partial charge in [0.25, 0.3) is 0 Å². The van der Waals surface area contributed by atoms with Gasteiger partial charge in [0.2, 0.25) is 0 Å². The second kappa shape index (κ2) is 3.96. The Morgan fingerprint density at radius 1 is 1.64 bits per heavy atom. The van der Waals surface area contributed by atoms with Crippen LogP contribution in [0.25, 0.3) is 0 Å². The first kappa shape index (κ1) is 9.46. The van der Waals surface area contributed by atoms with Crippen LogP contribution >= 0.6 is 0 Å². The van der Waals surface area contributed by atoms with Crippen LogP contribution in [0, 0.1) is 0 Å². The molecule has 3 heteroatoms. The van der Waals surface area contributed by atoms with Gasteiger partial charge in [-0.2, -0.15) is 5.10 Å². The Hall–Kier alpha value is -1.09. The molecular formula is C11H17N3. The molecule has 1 aliphatic rings. The van der Waals surface area contributed by atoms with Gasteiger partial charge in [0.05, 0.1) is 6.20 Å². The van der Waals surface area contributed by atoms with Crippen molar-refractivity contribution in [3.8, 4) is 0 Å². The molecule has 0 aliphatic heterocycles. The van der Waals surface area contributed by atoms with E-state index in [1.807, 2.05) is 17.9 Å². The van der Waals surface area contributed by atoms with Crippen molar-refractivity contribution in [1.82, 2.24) is 9.78 Å². The van der Waals surface area contributed by atoms with Crippen LogP contribution in [0.15, 0.2) is 24.0 Å². The fourth-order valence-corrected chi connectivity index (χ4v) is 1.82. The number of nitrogens with two attached hydrogens (primary N) is 1. The van der Waals surface area contributed by atoms with Gasteiger partial charge >= 0.3 is 0 Å². The molecule has 1 aromatic rings. The molecule has 1 heterocycles. The van der Waals surface area contributed by atoms with E-state index < -0.39 is 0 Å². The summed E-state index contributed by atoms with van der Waals surface area (Å²) >= 11 is 0. The summed E-state index contributed by atoms with van der Waals surface area (Å²) < 4.78 is 1.85. The van der Waals surface area contributed by atoms with Crippen LogP contribution < -0.4 is 5.73 Å². The number of nitrogens with zero attached hydrogens (tertiary/aromatic N) is 2. The number of allylic oxidation sites excluding steroid dienone is 1. The van der Waals surface area contributed by atoms with E-state index in [-0.39, 0.29) is 0 Å². The Labute approximate surface area is 84.6 Å². The van der Waals surface area contributed by atoms with Crippen molar-refractivity contribution < 1.29 is 0 Å². The zero-order valence-electron chi connectivity index (χ0n) is 8.61. The largest absolute Gasteiger partial charge is 0.327 e. The molecule has 0 amide bonds. The van der Waals surface area contributed by atoms with Gasteiger partial charge in [0.1, 0.15) is 0 Å². The van der Waals surface area contributed by atoms with Gasteiger partial charge in [-0.05, 0) is 31.2 Å². The second-order valence-corrected chi connectivity index (χ2v) is 4.09. The lowest BCUT2D eigenvalue weighted by molar-refractivity contribution is 0.538. The summed E-state index contributed by atoms with van der Waals surface area (Å²) in [6, 6.07) is 0.430. The molecule has 2 N–H and O–H groups in total. The minimum Gasteiger partial charge on any atom is -0.327 e.